The molecule has 1 atom stereocenters. The first-order valence-electron chi connectivity index (χ1n) is 11.1. The number of hydrogen-bond acceptors (Lipinski definition) is 5. The van der Waals surface area contributed by atoms with Gasteiger partial charge in [-0.05, 0) is 62.6 Å². The van der Waals surface area contributed by atoms with Crippen LogP contribution >= 0.6 is 0 Å². The monoisotopic (exact) mass is 430 g/mol. The van der Waals surface area contributed by atoms with Gasteiger partial charge in [-0.3, -0.25) is 19.3 Å². The minimum atomic E-state index is -0.205. The van der Waals surface area contributed by atoms with Crippen molar-refractivity contribution in [1.29, 1.82) is 0 Å². The summed E-state index contributed by atoms with van der Waals surface area (Å²) in [5, 5.41) is 4.67. The molecule has 8 heteroatoms. The van der Waals surface area contributed by atoms with E-state index in [1.807, 2.05) is 41.6 Å². The van der Waals surface area contributed by atoms with E-state index >= 15 is 0 Å². The Labute approximate surface area is 186 Å². The minimum absolute atomic E-state index is 0.0409. The summed E-state index contributed by atoms with van der Waals surface area (Å²) in [6, 6.07) is 11.1. The molecule has 32 heavy (non-hydrogen) atoms. The van der Waals surface area contributed by atoms with Crippen molar-refractivity contribution in [2.24, 2.45) is 0 Å². The van der Waals surface area contributed by atoms with Crippen molar-refractivity contribution >= 4 is 17.5 Å². The zero-order valence-corrected chi connectivity index (χ0v) is 18.3. The Kier molecular flexibility index (Phi) is 5.20. The molecule has 2 amide bonds. The molecule has 0 bridgehead atoms. The number of nitrogens with zero attached hydrogens (tertiary/aromatic N) is 6. The van der Waals surface area contributed by atoms with Gasteiger partial charge in [0.2, 0.25) is 0 Å². The quantitative estimate of drug-likeness (QED) is 0.634. The van der Waals surface area contributed by atoms with Gasteiger partial charge < -0.3 is 9.80 Å². The van der Waals surface area contributed by atoms with E-state index in [0.29, 0.717) is 23.6 Å². The summed E-state index contributed by atoms with van der Waals surface area (Å²) < 4.78 is 1.82. The number of amides is 2. The van der Waals surface area contributed by atoms with E-state index in [1.54, 1.807) is 35.6 Å². The van der Waals surface area contributed by atoms with Crippen molar-refractivity contribution in [2.45, 2.75) is 38.6 Å². The number of pyridine rings is 1. The minimum Gasteiger partial charge on any atom is -0.339 e. The molecule has 1 saturated heterocycles. The molecule has 1 unspecified atom stereocenters. The fourth-order valence-corrected chi connectivity index (χ4v) is 4.43. The van der Waals surface area contributed by atoms with E-state index in [2.05, 4.69) is 15.1 Å². The summed E-state index contributed by atoms with van der Waals surface area (Å²) in [5.74, 6) is 0.321. The number of fused-ring (bicyclic) bond motifs is 1. The van der Waals surface area contributed by atoms with Crippen LogP contribution in [0.2, 0.25) is 0 Å². The number of carbonyl (C=O) groups is 2. The second kappa shape index (κ2) is 8.18. The predicted octanol–water partition coefficient (Wildman–Crippen LogP) is 3.28. The maximum absolute atomic E-state index is 13.3. The smallest absolute Gasteiger partial charge is 0.276 e. The Bertz CT molecular complexity index is 1150. The largest absolute Gasteiger partial charge is 0.339 e. The summed E-state index contributed by atoms with van der Waals surface area (Å²) in [5.41, 5.74) is 2.72. The maximum atomic E-state index is 13.3. The lowest BCUT2D eigenvalue weighted by atomic mass is 9.98. The average molecular weight is 431 g/mol. The second-order valence-electron chi connectivity index (χ2n) is 8.63. The molecule has 164 valence electrons. The third kappa shape index (κ3) is 3.55. The van der Waals surface area contributed by atoms with Gasteiger partial charge in [0.05, 0.1) is 5.92 Å². The Hall–Kier alpha value is -3.55. The molecule has 0 N–H and O–H groups in total. The summed E-state index contributed by atoms with van der Waals surface area (Å²) in [6.45, 7) is 6.09. The van der Waals surface area contributed by atoms with Crippen molar-refractivity contribution < 1.29 is 9.59 Å². The average Bonchev–Trinajstić information content (AvgIpc) is 3.58. The van der Waals surface area contributed by atoms with Crippen LogP contribution in [0.3, 0.4) is 0 Å². The molecule has 1 aromatic carbocycles. The summed E-state index contributed by atoms with van der Waals surface area (Å²) in [7, 11) is 0. The lowest BCUT2D eigenvalue weighted by Crippen LogP contribution is -2.30. The van der Waals surface area contributed by atoms with E-state index < -0.39 is 0 Å². The van der Waals surface area contributed by atoms with Crippen LogP contribution < -0.4 is 4.90 Å². The Morgan fingerprint density at radius 1 is 1.03 bits per heavy atom. The zero-order valence-electron chi connectivity index (χ0n) is 18.3. The van der Waals surface area contributed by atoms with Crippen molar-refractivity contribution in [3.63, 3.8) is 0 Å². The molecule has 4 heterocycles. The van der Waals surface area contributed by atoms with Crippen molar-refractivity contribution in [2.75, 3.05) is 24.5 Å². The van der Waals surface area contributed by atoms with Crippen molar-refractivity contribution in [3.8, 4) is 0 Å². The van der Waals surface area contributed by atoms with Crippen LogP contribution in [0.5, 0.6) is 0 Å². The third-order valence-corrected chi connectivity index (χ3v) is 6.20. The van der Waals surface area contributed by atoms with Gasteiger partial charge in [0, 0.05) is 43.1 Å². The number of likely N-dealkylation sites (tertiary alicyclic amines) is 1. The summed E-state index contributed by atoms with van der Waals surface area (Å²) in [6.07, 6.45) is 5.43. The molecule has 5 rings (SSSR count). The summed E-state index contributed by atoms with van der Waals surface area (Å²) in [4.78, 5) is 38.7. The number of anilines is 1. The van der Waals surface area contributed by atoms with E-state index in [1.165, 1.54) is 0 Å². The molecule has 0 saturated carbocycles. The SMILES string of the molecule is CC(C)n1cnc(C2CN(C(=O)c3ccccn3)c3ccc(C(=O)N4CCCC4)cc32)n1. The highest BCUT2D eigenvalue weighted by Crippen LogP contribution is 2.40. The van der Waals surface area contributed by atoms with Crippen LogP contribution in [0.1, 0.15) is 70.9 Å². The first kappa shape index (κ1) is 20.4. The number of rotatable bonds is 4. The molecule has 0 aliphatic carbocycles. The molecular weight excluding hydrogens is 404 g/mol. The van der Waals surface area contributed by atoms with E-state index in [0.717, 1.165) is 37.2 Å². The first-order chi connectivity index (χ1) is 15.5. The van der Waals surface area contributed by atoms with Crippen LogP contribution in [0, 0.1) is 0 Å². The van der Waals surface area contributed by atoms with Crippen LogP contribution in [-0.4, -0.2) is 56.1 Å². The highest BCUT2D eigenvalue weighted by Gasteiger charge is 2.37. The topological polar surface area (TPSA) is 84.2 Å². The highest BCUT2D eigenvalue weighted by atomic mass is 16.2. The Morgan fingerprint density at radius 2 is 1.84 bits per heavy atom. The molecule has 2 aliphatic rings. The van der Waals surface area contributed by atoms with E-state index in [9.17, 15) is 9.59 Å². The first-order valence-corrected chi connectivity index (χ1v) is 11.1. The number of hydrogen-bond donors (Lipinski definition) is 0. The maximum Gasteiger partial charge on any atom is 0.276 e. The normalized spacial score (nSPS) is 17.8. The molecule has 3 aromatic rings. The van der Waals surface area contributed by atoms with Gasteiger partial charge >= 0.3 is 0 Å². The van der Waals surface area contributed by atoms with Gasteiger partial charge in [0.15, 0.2) is 5.82 Å². The molecule has 0 radical (unpaired) electrons. The fraction of sp³-hybridized carbons (Fsp3) is 0.375. The third-order valence-electron chi connectivity index (χ3n) is 6.20. The zero-order chi connectivity index (χ0) is 22.2. The van der Waals surface area contributed by atoms with Crippen LogP contribution in [0.15, 0.2) is 48.9 Å². The highest BCUT2D eigenvalue weighted by molar-refractivity contribution is 6.07. The van der Waals surface area contributed by atoms with Gasteiger partial charge in [0.1, 0.15) is 12.0 Å². The lowest BCUT2D eigenvalue weighted by molar-refractivity contribution is 0.0792. The van der Waals surface area contributed by atoms with Crippen LogP contribution in [0.25, 0.3) is 0 Å². The second-order valence-corrected chi connectivity index (χ2v) is 8.63. The fourth-order valence-electron chi connectivity index (χ4n) is 4.43. The van der Waals surface area contributed by atoms with Gasteiger partial charge in [0.25, 0.3) is 11.8 Å². The molecule has 0 spiro atoms. The molecule has 8 nitrogen and oxygen atoms in total. The van der Waals surface area contributed by atoms with E-state index in [4.69, 9.17) is 0 Å². The number of aromatic nitrogens is 4. The Balaban J connectivity index is 1.54. The van der Waals surface area contributed by atoms with Gasteiger partial charge in [-0.1, -0.05) is 6.07 Å². The molecule has 2 aliphatic heterocycles. The predicted molar refractivity (Wildman–Crippen MR) is 120 cm³/mol. The number of carbonyl (C=O) groups excluding carboxylic acids is 2. The summed E-state index contributed by atoms with van der Waals surface area (Å²) >= 11 is 0. The van der Waals surface area contributed by atoms with Crippen LogP contribution in [0.4, 0.5) is 5.69 Å². The number of benzene rings is 1. The van der Waals surface area contributed by atoms with Crippen molar-refractivity contribution in [3.05, 3.63) is 71.6 Å². The van der Waals surface area contributed by atoms with Gasteiger partial charge in [-0.25, -0.2) is 4.98 Å². The molecule has 2 aromatic heterocycles. The van der Waals surface area contributed by atoms with Crippen LogP contribution in [-0.2, 0) is 0 Å². The van der Waals surface area contributed by atoms with Gasteiger partial charge in [-0.2, -0.15) is 5.10 Å². The molecule has 1 fully saturated rings. The van der Waals surface area contributed by atoms with Gasteiger partial charge in [-0.15, -0.1) is 0 Å². The van der Waals surface area contributed by atoms with Crippen molar-refractivity contribution in [1.82, 2.24) is 24.6 Å². The Morgan fingerprint density at radius 3 is 2.53 bits per heavy atom. The molecular formula is C24H26N6O2. The standard InChI is InChI=1S/C24H26N6O2/c1-16(2)30-15-26-22(27-30)19-14-29(24(32)20-7-3-4-10-25-20)21-9-8-17(13-18(19)21)23(31)28-11-5-6-12-28/h3-4,7-10,13,15-16,19H,5-6,11-12,14H2,1-2H3. The van der Waals surface area contributed by atoms with E-state index in [-0.39, 0.29) is 23.8 Å². The lowest BCUT2D eigenvalue weighted by Gasteiger charge is -2.18.